The van der Waals surface area contributed by atoms with Gasteiger partial charge in [0, 0.05) is 6.04 Å². The number of hydrogen-bond acceptors (Lipinski definition) is 2. The first-order valence-electron chi connectivity index (χ1n) is 7.49. The van der Waals surface area contributed by atoms with Gasteiger partial charge >= 0.3 is 0 Å². The maximum absolute atomic E-state index is 13.5. The topological polar surface area (TPSA) is 15.3 Å². The Morgan fingerprint density at radius 1 is 1.25 bits per heavy atom. The Hall–Kier alpha value is -1.00. The van der Waals surface area contributed by atoms with E-state index in [1.807, 2.05) is 0 Å². The summed E-state index contributed by atoms with van der Waals surface area (Å²) in [7, 11) is 2.08. The third-order valence-corrected chi connectivity index (χ3v) is 4.20. The lowest BCUT2D eigenvalue weighted by Crippen LogP contribution is -2.35. The van der Waals surface area contributed by atoms with Gasteiger partial charge in [0.15, 0.2) is 11.6 Å². The van der Waals surface area contributed by atoms with E-state index in [2.05, 4.69) is 24.2 Å². The maximum Gasteiger partial charge on any atom is 0.159 e. The van der Waals surface area contributed by atoms with Gasteiger partial charge in [0.05, 0.1) is 0 Å². The lowest BCUT2D eigenvalue weighted by Gasteiger charge is -2.33. The second-order valence-electron chi connectivity index (χ2n) is 5.66. The minimum Gasteiger partial charge on any atom is -0.317 e. The molecule has 1 aliphatic heterocycles. The van der Waals surface area contributed by atoms with Crippen LogP contribution in [-0.4, -0.2) is 31.6 Å². The number of benzene rings is 1. The largest absolute Gasteiger partial charge is 0.317 e. The lowest BCUT2D eigenvalue weighted by atomic mass is 9.89. The molecule has 0 spiro atoms. The summed E-state index contributed by atoms with van der Waals surface area (Å²) in [5, 5.41) is 3.40. The zero-order valence-electron chi connectivity index (χ0n) is 12.3. The fourth-order valence-corrected chi connectivity index (χ4v) is 3.19. The smallest absolute Gasteiger partial charge is 0.159 e. The molecule has 1 heterocycles. The average Bonchev–Trinajstić information content (AvgIpc) is 2.61. The Labute approximate surface area is 120 Å². The zero-order valence-corrected chi connectivity index (χ0v) is 12.3. The molecule has 112 valence electrons. The van der Waals surface area contributed by atoms with Crippen molar-refractivity contribution in [3.8, 4) is 0 Å². The highest BCUT2D eigenvalue weighted by atomic mass is 19.2. The third-order valence-electron chi connectivity index (χ3n) is 4.20. The van der Waals surface area contributed by atoms with Crippen LogP contribution in [0.15, 0.2) is 18.2 Å². The lowest BCUT2D eigenvalue weighted by molar-refractivity contribution is 0.189. The zero-order chi connectivity index (χ0) is 14.5. The molecule has 0 radical (unpaired) electrons. The van der Waals surface area contributed by atoms with Gasteiger partial charge in [-0.1, -0.05) is 19.4 Å². The molecule has 2 nitrogen and oxygen atoms in total. The van der Waals surface area contributed by atoms with E-state index >= 15 is 0 Å². The highest BCUT2D eigenvalue weighted by Gasteiger charge is 2.29. The van der Waals surface area contributed by atoms with Crippen molar-refractivity contribution in [1.29, 1.82) is 0 Å². The summed E-state index contributed by atoms with van der Waals surface area (Å²) in [6.45, 7) is 4.95. The van der Waals surface area contributed by atoms with Crippen molar-refractivity contribution in [2.24, 2.45) is 5.92 Å². The monoisotopic (exact) mass is 282 g/mol. The summed E-state index contributed by atoms with van der Waals surface area (Å²) in [4.78, 5) is 2.28. The van der Waals surface area contributed by atoms with E-state index < -0.39 is 11.6 Å². The van der Waals surface area contributed by atoms with Crippen molar-refractivity contribution in [1.82, 2.24) is 10.2 Å². The predicted octanol–water partition coefficient (Wildman–Crippen LogP) is 3.35. The fourth-order valence-electron chi connectivity index (χ4n) is 3.19. The Balaban J connectivity index is 2.26. The van der Waals surface area contributed by atoms with Gasteiger partial charge in [-0.3, -0.25) is 4.90 Å². The summed E-state index contributed by atoms with van der Waals surface area (Å²) in [5.74, 6) is -1.08. The molecule has 1 fully saturated rings. The molecule has 1 aromatic carbocycles. The van der Waals surface area contributed by atoms with Gasteiger partial charge in [-0.15, -0.1) is 0 Å². The molecule has 0 aliphatic carbocycles. The van der Waals surface area contributed by atoms with Gasteiger partial charge in [0.1, 0.15) is 0 Å². The molecule has 2 unspecified atom stereocenters. The van der Waals surface area contributed by atoms with E-state index in [1.54, 1.807) is 6.07 Å². The molecule has 20 heavy (non-hydrogen) atoms. The molecule has 1 N–H and O–H groups in total. The van der Waals surface area contributed by atoms with Crippen LogP contribution < -0.4 is 5.32 Å². The summed E-state index contributed by atoms with van der Waals surface area (Å²) in [6.07, 6.45) is 3.49. The molecule has 0 bridgehead atoms. The Kier molecular flexibility index (Phi) is 5.49. The second kappa shape index (κ2) is 7.14. The van der Waals surface area contributed by atoms with E-state index in [0.29, 0.717) is 5.92 Å². The highest BCUT2D eigenvalue weighted by molar-refractivity contribution is 5.22. The number of likely N-dealkylation sites (tertiary alicyclic amines) is 1. The number of halogens is 2. The minimum absolute atomic E-state index is 0.159. The van der Waals surface area contributed by atoms with Crippen LogP contribution >= 0.6 is 0 Å². The number of hydrogen-bond donors (Lipinski definition) is 1. The number of nitrogens with zero attached hydrogens (tertiary/aromatic N) is 1. The number of rotatable bonds is 4. The summed E-state index contributed by atoms with van der Waals surface area (Å²) in [5.41, 5.74) is 0.885. The molecule has 0 amide bonds. The van der Waals surface area contributed by atoms with Crippen LogP contribution in [-0.2, 0) is 0 Å². The summed E-state index contributed by atoms with van der Waals surface area (Å²) >= 11 is 0. The van der Waals surface area contributed by atoms with E-state index in [-0.39, 0.29) is 6.04 Å². The van der Waals surface area contributed by atoms with E-state index in [0.717, 1.165) is 31.6 Å². The maximum atomic E-state index is 13.5. The van der Waals surface area contributed by atoms with Gasteiger partial charge in [-0.25, -0.2) is 8.78 Å². The van der Waals surface area contributed by atoms with Crippen LogP contribution in [0.25, 0.3) is 0 Å². The molecule has 0 aromatic heterocycles. The van der Waals surface area contributed by atoms with E-state index in [4.69, 9.17) is 0 Å². The van der Waals surface area contributed by atoms with Crippen molar-refractivity contribution < 1.29 is 8.78 Å². The Morgan fingerprint density at radius 3 is 2.75 bits per heavy atom. The molecule has 1 aliphatic rings. The number of nitrogens with one attached hydrogen (secondary N) is 1. The van der Waals surface area contributed by atoms with Gasteiger partial charge in [0.2, 0.25) is 0 Å². The van der Waals surface area contributed by atoms with E-state index in [9.17, 15) is 8.78 Å². The van der Waals surface area contributed by atoms with Crippen molar-refractivity contribution in [3.63, 3.8) is 0 Å². The van der Waals surface area contributed by atoms with Crippen molar-refractivity contribution in [3.05, 3.63) is 35.4 Å². The minimum atomic E-state index is -0.770. The van der Waals surface area contributed by atoms with Gasteiger partial charge < -0.3 is 5.32 Å². The van der Waals surface area contributed by atoms with Crippen LogP contribution in [0.2, 0.25) is 0 Å². The fraction of sp³-hybridized carbons (Fsp3) is 0.625. The van der Waals surface area contributed by atoms with Gasteiger partial charge in [0.25, 0.3) is 0 Å². The van der Waals surface area contributed by atoms with Crippen LogP contribution in [0.1, 0.15) is 37.8 Å². The third kappa shape index (κ3) is 3.55. The van der Waals surface area contributed by atoms with Gasteiger partial charge in [-0.2, -0.15) is 0 Å². The van der Waals surface area contributed by atoms with Crippen molar-refractivity contribution >= 4 is 0 Å². The standard InChI is InChI=1S/C16H24F2N2/c1-3-19-11-13-6-4-5-9-20(2)16(13)12-7-8-14(17)15(18)10-12/h7-8,10,13,16,19H,3-6,9,11H2,1-2H3. The predicted molar refractivity (Wildman–Crippen MR) is 77.6 cm³/mol. The molecule has 2 rings (SSSR count). The Bertz CT molecular complexity index is 436. The van der Waals surface area contributed by atoms with Crippen LogP contribution in [0.4, 0.5) is 8.78 Å². The first-order valence-corrected chi connectivity index (χ1v) is 7.49. The van der Waals surface area contributed by atoms with E-state index in [1.165, 1.54) is 25.0 Å². The van der Waals surface area contributed by atoms with Gasteiger partial charge in [-0.05, 0) is 63.1 Å². The molecule has 1 saturated heterocycles. The molecule has 4 heteroatoms. The van der Waals surface area contributed by atoms with Crippen molar-refractivity contribution in [2.75, 3.05) is 26.7 Å². The molecular weight excluding hydrogens is 258 g/mol. The molecule has 2 atom stereocenters. The summed E-state index contributed by atoms with van der Waals surface area (Å²) in [6, 6.07) is 4.49. The first-order chi connectivity index (χ1) is 9.63. The summed E-state index contributed by atoms with van der Waals surface area (Å²) < 4.78 is 26.7. The molecular formula is C16H24F2N2. The normalized spacial score (nSPS) is 24.6. The SMILES string of the molecule is CCNCC1CCCCN(C)C1c1ccc(F)c(F)c1. The van der Waals surface area contributed by atoms with Crippen LogP contribution in [0, 0.1) is 17.6 Å². The quantitative estimate of drug-likeness (QED) is 0.911. The molecule has 0 saturated carbocycles. The first kappa shape index (κ1) is 15.4. The molecule has 1 aromatic rings. The second-order valence-corrected chi connectivity index (χ2v) is 5.66. The van der Waals surface area contributed by atoms with Crippen LogP contribution in [0.5, 0.6) is 0 Å². The van der Waals surface area contributed by atoms with Crippen LogP contribution in [0.3, 0.4) is 0 Å². The Morgan fingerprint density at radius 2 is 2.05 bits per heavy atom. The average molecular weight is 282 g/mol. The van der Waals surface area contributed by atoms with Crippen molar-refractivity contribution in [2.45, 2.75) is 32.2 Å². The highest BCUT2D eigenvalue weighted by Crippen LogP contribution is 2.34.